The van der Waals surface area contributed by atoms with Crippen LogP contribution in [0.3, 0.4) is 0 Å². The predicted octanol–water partition coefficient (Wildman–Crippen LogP) is 1.71. The Morgan fingerprint density at radius 2 is 1.59 bits per heavy atom. The Balaban J connectivity index is 1.39. The molecule has 2 fully saturated rings. The lowest BCUT2D eigenvalue weighted by Crippen LogP contribution is -2.53. The van der Waals surface area contributed by atoms with Gasteiger partial charge in [-0.25, -0.2) is 0 Å². The first-order chi connectivity index (χ1) is 13.9. The molecule has 7 heteroatoms. The van der Waals surface area contributed by atoms with E-state index in [4.69, 9.17) is 4.74 Å². The van der Waals surface area contributed by atoms with Crippen LogP contribution in [0.1, 0.15) is 27.2 Å². The quantitative estimate of drug-likeness (QED) is 0.855. The maximum atomic E-state index is 13.0. The lowest BCUT2D eigenvalue weighted by Gasteiger charge is -2.36. The van der Waals surface area contributed by atoms with Crippen molar-refractivity contribution in [2.24, 2.45) is 0 Å². The molecule has 29 heavy (non-hydrogen) atoms. The second-order valence-corrected chi connectivity index (χ2v) is 8.17. The molecule has 156 valence electrons. The van der Waals surface area contributed by atoms with Crippen LogP contribution >= 0.6 is 0 Å². The van der Waals surface area contributed by atoms with E-state index in [9.17, 15) is 9.59 Å². The maximum Gasteiger partial charge on any atom is 0.270 e. The molecule has 0 saturated carbocycles. The number of benzene rings is 1. The van der Waals surface area contributed by atoms with E-state index in [0.717, 1.165) is 24.0 Å². The summed E-state index contributed by atoms with van der Waals surface area (Å²) in [6, 6.07) is 4.13. The number of aromatic amines is 1. The van der Waals surface area contributed by atoms with Crippen LogP contribution in [0.25, 0.3) is 10.9 Å². The van der Waals surface area contributed by atoms with Gasteiger partial charge < -0.3 is 19.5 Å². The van der Waals surface area contributed by atoms with Gasteiger partial charge in [0.1, 0.15) is 5.69 Å². The molecule has 0 radical (unpaired) electrons. The summed E-state index contributed by atoms with van der Waals surface area (Å²) in [6.45, 7) is 12.0. The van der Waals surface area contributed by atoms with Gasteiger partial charge in [-0.3, -0.25) is 14.5 Å². The highest BCUT2D eigenvalue weighted by molar-refractivity contribution is 6.00. The number of piperazine rings is 1. The van der Waals surface area contributed by atoms with Gasteiger partial charge in [-0.2, -0.15) is 0 Å². The zero-order chi connectivity index (χ0) is 20.5. The van der Waals surface area contributed by atoms with Crippen molar-refractivity contribution < 1.29 is 14.3 Å². The SMILES string of the molecule is Cc1cc(C)c2cc(C(=O)N3CCN(C(=O)CN4CCOCC4)CC3)[nH]c2c1C. The van der Waals surface area contributed by atoms with Crippen molar-refractivity contribution in [3.8, 4) is 0 Å². The fourth-order valence-corrected chi connectivity index (χ4v) is 4.26. The molecule has 0 atom stereocenters. The molecule has 4 rings (SSSR count). The first kappa shape index (κ1) is 19.9. The Labute approximate surface area is 171 Å². The molecular weight excluding hydrogens is 368 g/mol. The van der Waals surface area contributed by atoms with E-state index in [0.29, 0.717) is 51.6 Å². The van der Waals surface area contributed by atoms with Gasteiger partial charge in [-0.15, -0.1) is 0 Å². The van der Waals surface area contributed by atoms with Crippen LogP contribution in [0, 0.1) is 20.8 Å². The lowest BCUT2D eigenvalue weighted by molar-refractivity contribution is -0.134. The number of rotatable bonds is 3. The number of aromatic nitrogens is 1. The number of carbonyl (C=O) groups is 2. The Hall–Kier alpha value is -2.38. The molecule has 2 amide bonds. The third kappa shape index (κ3) is 4.02. The van der Waals surface area contributed by atoms with Gasteiger partial charge in [-0.1, -0.05) is 6.07 Å². The number of fused-ring (bicyclic) bond motifs is 1. The van der Waals surface area contributed by atoms with E-state index >= 15 is 0 Å². The van der Waals surface area contributed by atoms with E-state index in [1.54, 1.807) is 0 Å². The minimum Gasteiger partial charge on any atom is -0.379 e. The number of amides is 2. The third-order valence-corrected chi connectivity index (χ3v) is 6.25. The summed E-state index contributed by atoms with van der Waals surface area (Å²) in [7, 11) is 0. The van der Waals surface area contributed by atoms with E-state index in [2.05, 4.69) is 36.7 Å². The molecule has 1 N–H and O–H groups in total. The maximum absolute atomic E-state index is 13.0. The number of nitrogens with one attached hydrogen (secondary N) is 1. The van der Waals surface area contributed by atoms with Crippen LogP contribution in [0.5, 0.6) is 0 Å². The van der Waals surface area contributed by atoms with Crippen LogP contribution in [-0.4, -0.2) is 90.5 Å². The zero-order valence-corrected chi connectivity index (χ0v) is 17.6. The molecule has 0 aliphatic carbocycles. The summed E-state index contributed by atoms with van der Waals surface area (Å²) in [5.74, 6) is 0.157. The van der Waals surface area contributed by atoms with E-state index in [-0.39, 0.29) is 11.8 Å². The molecule has 0 unspecified atom stereocenters. The van der Waals surface area contributed by atoms with Gasteiger partial charge in [0.25, 0.3) is 5.91 Å². The average Bonchev–Trinajstić information content (AvgIpc) is 3.19. The monoisotopic (exact) mass is 398 g/mol. The number of hydrogen-bond acceptors (Lipinski definition) is 4. The molecule has 1 aromatic carbocycles. The smallest absolute Gasteiger partial charge is 0.270 e. The van der Waals surface area contributed by atoms with Crippen LogP contribution in [0.2, 0.25) is 0 Å². The summed E-state index contributed by atoms with van der Waals surface area (Å²) < 4.78 is 5.34. The second kappa shape index (κ2) is 8.16. The highest BCUT2D eigenvalue weighted by Crippen LogP contribution is 2.26. The Kier molecular flexibility index (Phi) is 5.61. The molecule has 2 aliphatic heterocycles. The van der Waals surface area contributed by atoms with Crippen molar-refractivity contribution in [2.75, 3.05) is 59.0 Å². The number of nitrogens with zero attached hydrogens (tertiary/aromatic N) is 3. The molecular formula is C22H30N4O3. The van der Waals surface area contributed by atoms with Gasteiger partial charge in [0.05, 0.1) is 19.8 Å². The van der Waals surface area contributed by atoms with Crippen LogP contribution < -0.4 is 0 Å². The van der Waals surface area contributed by atoms with Crippen molar-refractivity contribution in [3.05, 3.63) is 34.5 Å². The van der Waals surface area contributed by atoms with E-state index < -0.39 is 0 Å². The largest absolute Gasteiger partial charge is 0.379 e. The second-order valence-electron chi connectivity index (χ2n) is 8.17. The molecule has 0 spiro atoms. The van der Waals surface area contributed by atoms with Gasteiger partial charge in [0.2, 0.25) is 5.91 Å². The van der Waals surface area contributed by atoms with Crippen molar-refractivity contribution in [3.63, 3.8) is 0 Å². The topological polar surface area (TPSA) is 68.9 Å². The van der Waals surface area contributed by atoms with Crippen LogP contribution in [0.4, 0.5) is 0 Å². The zero-order valence-electron chi connectivity index (χ0n) is 17.6. The molecule has 2 aliphatic rings. The summed E-state index contributed by atoms with van der Waals surface area (Å²) in [4.78, 5) is 34.8. The van der Waals surface area contributed by atoms with Crippen molar-refractivity contribution in [2.45, 2.75) is 20.8 Å². The standard InChI is InChI=1S/C22H30N4O3/c1-15-12-16(2)18-13-19(23-21(18)17(15)3)22(28)26-6-4-25(5-7-26)20(27)14-24-8-10-29-11-9-24/h12-13,23H,4-11,14H2,1-3H3. The fraction of sp³-hybridized carbons (Fsp3) is 0.545. The number of carbonyl (C=O) groups excluding carboxylic acids is 2. The van der Waals surface area contributed by atoms with Crippen LogP contribution in [-0.2, 0) is 9.53 Å². The fourth-order valence-electron chi connectivity index (χ4n) is 4.26. The van der Waals surface area contributed by atoms with Crippen molar-refractivity contribution in [1.29, 1.82) is 0 Å². The van der Waals surface area contributed by atoms with Crippen molar-refractivity contribution >= 4 is 22.7 Å². The Morgan fingerprint density at radius 1 is 0.931 bits per heavy atom. The van der Waals surface area contributed by atoms with Gasteiger partial charge >= 0.3 is 0 Å². The van der Waals surface area contributed by atoms with Gasteiger partial charge in [-0.05, 0) is 43.5 Å². The van der Waals surface area contributed by atoms with Crippen molar-refractivity contribution in [1.82, 2.24) is 19.7 Å². The first-order valence-electron chi connectivity index (χ1n) is 10.4. The first-order valence-corrected chi connectivity index (χ1v) is 10.4. The number of morpholine rings is 1. The molecule has 2 aromatic rings. The van der Waals surface area contributed by atoms with E-state index in [1.165, 1.54) is 16.7 Å². The summed E-state index contributed by atoms with van der Waals surface area (Å²) in [5, 5.41) is 1.11. The normalized spacial score (nSPS) is 18.4. The highest BCUT2D eigenvalue weighted by Gasteiger charge is 2.27. The predicted molar refractivity (Wildman–Crippen MR) is 112 cm³/mol. The minimum absolute atomic E-state index is 0.0120. The van der Waals surface area contributed by atoms with E-state index in [1.807, 2.05) is 15.9 Å². The molecule has 2 saturated heterocycles. The van der Waals surface area contributed by atoms with Gasteiger partial charge in [0.15, 0.2) is 0 Å². The van der Waals surface area contributed by atoms with Crippen LogP contribution in [0.15, 0.2) is 12.1 Å². The Bertz CT molecular complexity index is 922. The number of ether oxygens (including phenoxy) is 1. The third-order valence-electron chi connectivity index (χ3n) is 6.25. The minimum atomic E-state index is 0.0120. The summed E-state index contributed by atoms with van der Waals surface area (Å²) in [5.41, 5.74) is 5.26. The number of hydrogen-bond donors (Lipinski definition) is 1. The summed E-state index contributed by atoms with van der Waals surface area (Å²) >= 11 is 0. The number of H-pyrrole nitrogens is 1. The number of aryl methyl sites for hydroxylation is 3. The lowest BCUT2D eigenvalue weighted by atomic mass is 10.0. The summed E-state index contributed by atoms with van der Waals surface area (Å²) in [6.07, 6.45) is 0. The van der Waals surface area contributed by atoms with Gasteiger partial charge in [0, 0.05) is 50.2 Å². The molecule has 3 heterocycles. The molecule has 1 aromatic heterocycles. The Morgan fingerprint density at radius 3 is 2.28 bits per heavy atom. The average molecular weight is 399 g/mol. The molecule has 7 nitrogen and oxygen atoms in total. The highest BCUT2D eigenvalue weighted by atomic mass is 16.5. The molecule has 0 bridgehead atoms.